The molecule has 0 N–H and O–H groups in total. The molecule has 0 aliphatic carbocycles. The summed E-state index contributed by atoms with van der Waals surface area (Å²) >= 11 is 0. The van der Waals surface area contributed by atoms with Crippen LogP contribution in [0.3, 0.4) is 0 Å². The van der Waals surface area contributed by atoms with Gasteiger partial charge in [-0.15, -0.1) is 5.10 Å². The maximum absolute atomic E-state index is 12.7. The average Bonchev–Trinajstić information content (AvgIpc) is 3.34. The van der Waals surface area contributed by atoms with Crippen molar-refractivity contribution in [1.29, 1.82) is 0 Å². The zero-order valence-corrected chi connectivity index (χ0v) is 17.5. The molecule has 9 nitrogen and oxygen atoms in total. The lowest BCUT2D eigenvalue weighted by Crippen LogP contribution is -2.30. The van der Waals surface area contributed by atoms with Crippen LogP contribution in [0.5, 0.6) is 0 Å². The molecule has 0 saturated carbocycles. The zero-order valence-electron chi connectivity index (χ0n) is 17.5. The largest absolute Gasteiger partial charge is 0.461 e. The van der Waals surface area contributed by atoms with Gasteiger partial charge in [0.25, 0.3) is 11.8 Å². The molecule has 0 spiro atoms. The maximum atomic E-state index is 12.7. The third-order valence-corrected chi connectivity index (χ3v) is 5.05. The van der Waals surface area contributed by atoms with E-state index in [9.17, 15) is 14.4 Å². The molecule has 1 aliphatic rings. The van der Waals surface area contributed by atoms with Crippen LogP contribution in [0.25, 0.3) is 11.8 Å². The molecule has 4 rings (SSSR count). The Hall–Kier alpha value is -4.14. The Balaban J connectivity index is 1.34. The van der Waals surface area contributed by atoms with Gasteiger partial charge in [-0.1, -0.05) is 42.5 Å². The Morgan fingerprint density at radius 3 is 2.25 bits per heavy atom. The number of carbonyl (C=O) groups is 3. The van der Waals surface area contributed by atoms with Crippen molar-refractivity contribution >= 4 is 29.6 Å². The Morgan fingerprint density at radius 2 is 1.62 bits per heavy atom. The second kappa shape index (κ2) is 9.34. The van der Waals surface area contributed by atoms with Crippen molar-refractivity contribution in [2.24, 2.45) is 0 Å². The van der Waals surface area contributed by atoms with E-state index in [0.29, 0.717) is 29.8 Å². The second-order valence-corrected chi connectivity index (χ2v) is 7.23. The number of tetrazole rings is 1. The zero-order chi connectivity index (χ0) is 22.5. The Labute approximate surface area is 184 Å². The summed E-state index contributed by atoms with van der Waals surface area (Å²) in [4.78, 5) is 38.8. The molecular formula is C23H21N5O4. The van der Waals surface area contributed by atoms with Gasteiger partial charge in [-0.2, -0.15) is 4.68 Å². The monoisotopic (exact) mass is 431 g/mol. The standard InChI is InChI=1S/C23H21N5O4/c1-16-24-25-26-28(16)20(15-17-9-3-2-4-10-17)23(31)32-14-8-7-13-27-21(29)18-11-5-6-12-19(18)22(27)30/h2-6,9-12,15H,7-8,13-14H2,1H3/b20-15-. The molecule has 0 radical (unpaired) electrons. The molecule has 1 aromatic heterocycles. The van der Waals surface area contributed by atoms with E-state index in [4.69, 9.17) is 4.74 Å². The number of carbonyl (C=O) groups excluding carboxylic acids is 3. The number of hydrogen-bond donors (Lipinski definition) is 0. The summed E-state index contributed by atoms with van der Waals surface area (Å²) < 4.78 is 6.75. The van der Waals surface area contributed by atoms with Crippen LogP contribution in [0, 0.1) is 6.92 Å². The Bertz CT molecular complexity index is 1150. The van der Waals surface area contributed by atoms with Gasteiger partial charge in [-0.3, -0.25) is 14.5 Å². The van der Waals surface area contributed by atoms with Gasteiger partial charge in [0.15, 0.2) is 11.5 Å². The maximum Gasteiger partial charge on any atom is 0.357 e. The van der Waals surface area contributed by atoms with Gasteiger partial charge in [0.05, 0.1) is 17.7 Å². The number of unbranched alkanes of at least 4 members (excludes halogenated alkanes) is 1. The van der Waals surface area contributed by atoms with E-state index in [1.807, 2.05) is 30.3 Å². The molecule has 3 aromatic rings. The fourth-order valence-corrected chi connectivity index (χ4v) is 3.42. The van der Waals surface area contributed by atoms with Gasteiger partial charge < -0.3 is 4.74 Å². The number of hydrogen-bond acceptors (Lipinski definition) is 7. The van der Waals surface area contributed by atoms with Crippen LogP contribution in [0.15, 0.2) is 54.6 Å². The van der Waals surface area contributed by atoms with E-state index in [0.717, 1.165) is 5.56 Å². The van der Waals surface area contributed by atoms with Gasteiger partial charge >= 0.3 is 5.97 Å². The molecule has 1 aliphatic heterocycles. The first-order chi connectivity index (χ1) is 15.6. The number of aromatic nitrogens is 4. The minimum absolute atomic E-state index is 0.134. The van der Waals surface area contributed by atoms with Crippen molar-refractivity contribution in [2.75, 3.05) is 13.2 Å². The first-order valence-corrected chi connectivity index (χ1v) is 10.2. The summed E-state index contributed by atoms with van der Waals surface area (Å²) in [6.45, 7) is 2.09. The van der Waals surface area contributed by atoms with Crippen LogP contribution in [0.2, 0.25) is 0 Å². The predicted molar refractivity (Wildman–Crippen MR) is 115 cm³/mol. The van der Waals surface area contributed by atoms with Crippen LogP contribution < -0.4 is 0 Å². The molecule has 0 saturated heterocycles. The van der Waals surface area contributed by atoms with E-state index < -0.39 is 5.97 Å². The number of ether oxygens (including phenoxy) is 1. The van der Waals surface area contributed by atoms with E-state index in [1.54, 1.807) is 37.3 Å². The molecule has 0 fully saturated rings. The second-order valence-electron chi connectivity index (χ2n) is 7.23. The van der Waals surface area contributed by atoms with Crippen LogP contribution in [0.1, 0.15) is 44.9 Å². The molecular weight excluding hydrogens is 410 g/mol. The van der Waals surface area contributed by atoms with Crippen LogP contribution in [-0.2, 0) is 9.53 Å². The molecule has 0 bridgehead atoms. The third-order valence-electron chi connectivity index (χ3n) is 5.05. The van der Waals surface area contributed by atoms with Gasteiger partial charge in [0.1, 0.15) is 0 Å². The average molecular weight is 431 g/mol. The van der Waals surface area contributed by atoms with Crippen LogP contribution in [-0.4, -0.2) is 56.0 Å². The minimum atomic E-state index is -0.565. The first-order valence-electron chi connectivity index (χ1n) is 10.2. The molecule has 2 aromatic carbocycles. The number of imide groups is 1. The molecule has 0 atom stereocenters. The van der Waals surface area contributed by atoms with Gasteiger partial charge in [0.2, 0.25) is 0 Å². The SMILES string of the molecule is Cc1nnnn1/C(=C\c1ccccc1)C(=O)OCCCCN1C(=O)c2ccccc2C1=O. The van der Waals surface area contributed by atoms with Crippen molar-refractivity contribution in [3.63, 3.8) is 0 Å². The van der Waals surface area contributed by atoms with E-state index >= 15 is 0 Å². The summed E-state index contributed by atoms with van der Waals surface area (Å²) in [7, 11) is 0. The first kappa shape index (κ1) is 21.1. The summed E-state index contributed by atoms with van der Waals surface area (Å²) in [5.41, 5.74) is 1.85. The lowest BCUT2D eigenvalue weighted by Gasteiger charge is -2.14. The fraction of sp³-hybridized carbons (Fsp3) is 0.217. The summed E-state index contributed by atoms with van der Waals surface area (Å²) in [6, 6.07) is 16.1. The van der Waals surface area contributed by atoms with Crippen molar-refractivity contribution in [3.8, 4) is 0 Å². The lowest BCUT2D eigenvalue weighted by atomic mass is 10.1. The van der Waals surface area contributed by atoms with E-state index in [2.05, 4.69) is 15.5 Å². The molecule has 32 heavy (non-hydrogen) atoms. The topological polar surface area (TPSA) is 107 Å². The number of nitrogens with zero attached hydrogens (tertiary/aromatic N) is 5. The molecule has 0 unspecified atom stereocenters. The molecule has 2 amide bonds. The summed E-state index contributed by atoms with van der Waals surface area (Å²) in [5.74, 6) is -0.686. The van der Waals surface area contributed by atoms with Gasteiger partial charge in [-0.05, 0) is 54.0 Å². The minimum Gasteiger partial charge on any atom is -0.461 e. The van der Waals surface area contributed by atoms with Crippen LogP contribution in [0.4, 0.5) is 0 Å². The summed E-state index contributed by atoms with van der Waals surface area (Å²) in [5, 5.41) is 11.3. The highest BCUT2D eigenvalue weighted by Gasteiger charge is 2.34. The van der Waals surface area contributed by atoms with Crippen molar-refractivity contribution in [2.45, 2.75) is 19.8 Å². The lowest BCUT2D eigenvalue weighted by molar-refractivity contribution is -0.137. The predicted octanol–water partition coefficient (Wildman–Crippen LogP) is 2.60. The number of benzene rings is 2. The van der Waals surface area contributed by atoms with Crippen molar-refractivity contribution in [1.82, 2.24) is 25.1 Å². The van der Waals surface area contributed by atoms with E-state index in [-0.39, 0.29) is 30.7 Å². The number of rotatable bonds is 8. The van der Waals surface area contributed by atoms with Crippen molar-refractivity contribution < 1.29 is 19.1 Å². The molecule has 162 valence electrons. The highest BCUT2D eigenvalue weighted by Crippen LogP contribution is 2.22. The Kier molecular flexibility index (Phi) is 6.16. The molecule has 9 heteroatoms. The normalized spacial score (nSPS) is 13.4. The van der Waals surface area contributed by atoms with E-state index in [1.165, 1.54) is 9.58 Å². The smallest absolute Gasteiger partial charge is 0.357 e. The number of amides is 2. The summed E-state index contributed by atoms with van der Waals surface area (Å²) in [6.07, 6.45) is 2.66. The van der Waals surface area contributed by atoms with Gasteiger partial charge in [-0.25, -0.2) is 4.79 Å². The highest BCUT2D eigenvalue weighted by molar-refractivity contribution is 6.21. The highest BCUT2D eigenvalue weighted by atomic mass is 16.5. The fourth-order valence-electron chi connectivity index (χ4n) is 3.42. The van der Waals surface area contributed by atoms with Gasteiger partial charge in [0, 0.05) is 6.54 Å². The number of fused-ring (bicyclic) bond motifs is 1. The Morgan fingerprint density at radius 1 is 0.969 bits per heavy atom. The van der Waals surface area contributed by atoms with Crippen LogP contribution >= 0.6 is 0 Å². The number of esters is 1. The van der Waals surface area contributed by atoms with Crippen molar-refractivity contribution in [3.05, 3.63) is 77.1 Å². The quantitative estimate of drug-likeness (QED) is 0.233. The number of aryl methyl sites for hydroxylation is 1. The molecule has 2 heterocycles. The third kappa shape index (κ3) is 4.31.